The number of hydrogen-bond acceptors (Lipinski definition) is 1. The Kier molecular flexibility index (Phi) is 3.65. The molecule has 82 valence electrons. The molecular weight excluding hydrogens is 343 g/mol. The van der Waals surface area contributed by atoms with Gasteiger partial charge in [-0.2, -0.15) is 13.2 Å². The highest BCUT2D eigenvalue weighted by Gasteiger charge is 2.35. The Morgan fingerprint density at radius 1 is 1.40 bits per heavy atom. The van der Waals surface area contributed by atoms with Crippen molar-refractivity contribution < 1.29 is 18.0 Å². The molecule has 6 heteroatoms. The highest BCUT2D eigenvalue weighted by atomic mass is 127. The fraction of sp³-hybridized carbons (Fsp3) is 0.222. The van der Waals surface area contributed by atoms with Crippen molar-refractivity contribution in [3.05, 3.63) is 31.9 Å². The molecule has 0 radical (unpaired) electrons. The van der Waals surface area contributed by atoms with Gasteiger partial charge in [-0.1, -0.05) is 11.6 Å². The molecule has 0 aliphatic heterocycles. The number of halogens is 5. The monoisotopic (exact) mass is 348 g/mol. The first-order chi connectivity index (χ1) is 6.73. The molecule has 1 aromatic carbocycles. The van der Waals surface area contributed by atoms with E-state index in [2.05, 4.69) is 0 Å². The van der Waals surface area contributed by atoms with Gasteiger partial charge < -0.3 is 0 Å². The van der Waals surface area contributed by atoms with Crippen LogP contribution in [-0.2, 0) is 6.18 Å². The minimum Gasteiger partial charge on any atom is -0.294 e. The van der Waals surface area contributed by atoms with Gasteiger partial charge in [0.05, 0.1) is 10.6 Å². The lowest BCUT2D eigenvalue weighted by atomic mass is 10.0. The largest absolute Gasteiger partial charge is 0.417 e. The van der Waals surface area contributed by atoms with Crippen LogP contribution in [0.25, 0.3) is 0 Å². The molecule has 0 saturated heterocycles. The van der Waals surface area contributed by atoms with Crippen LogP contribution in [0.1, 0.15) is 22.8 Å². The van der Waals surface area contributed by atoms with E-state index >= 15 is 0 Å². The summed E-state index contributed by atoms with van der Waals surface area (Å²) in [6.07, 6.45) is -4.54. The van der Waals surface area contributed by atoms with E-state index in [0.29, 0.717) is 0 Å². The SMILES string of the molecule is CC(=O)c1cc(Cl)c(I)cc1C(F)(F)F. The van der Waals surface area contributed by atoms with Gasteiger partial charge in [-0.3, -0.25) is 4.79 Å². The van der Waals surface area contributed by atoms with Gasteiger partial charge in [0.15, 0.2) is 5.78 Å². The van der Waals surface area contributed by atoms with Gasteiger partial charge in [0.2, 0.25) is 0 Å². The minimum absolute atomic E-state index is 0.147. The molecule has 0 amide bonds. The van der Waals surface area contributed by atoms with Crippen LogP contribution < -0.4 is 0 Å². The summed E-state index contributed by atoms with van der Waals surface area (Å²) in [5.74, 6) is -0.652. The predicted octanol–water partition coefficient (Wildman–Crippen LogP) is 4.17. The lowest BCUT2D eigenvalue weighted by molar-refractivity contribution is -0.137. The molecule has 0 heterocycles. The summed E-state index contributed by atoms with van der Waals surface area (Å²) in [6, 6.07) is 1.92. The summed E-state index contributed by atoms with van der Waals surface area (Å²) in [4.78, 5) is 11.0. The fourth-order valence-corrected chi connectivity index (χ4v) is 1.70. The average molecular weight is 348 g/mol. The summed E-state index contributed by atoms with van der Waals surface area (Å²) in [6.45, 7) is 1.08. The quantitative estimate of drug-likeness (QED) is 0.550. The van der Waals surface area contributed by atoms with E-state index in [9.17, 15) is 18.0 Å². The van der Waals surface area contributed by atoms with Gasteiger partial charge in [-0.15, -0.1) is 0 Å². The van der Waals surface area contributed by atoms with Gasteiger partial charge >= 0.3 is 6.18 Å². The zero-order valence-electron chi connectivity index (χ0n) is 7.45. The van der Waals surface area contributed by atoms with Crippen LogP contribution in [0.2, 0.25) is 5.02 Å². The summed E-state index contributed by atoms with van der Waals surface area (Å²) in [7, 11) is 0. The van der Waals surface area contributed by atoms with Gasteiger partial charge in [0, 0.05) is 9.13 Å². The summed E-state index contributed by atoms with van der Waals surface area (Å²) in [5, 5.41) is 0.147. The minimum atomic E-state index is -4.54. The number of carbonyl (C=O) groups is 1. The van der Waals surface area contributed by atoms with Crippen molar-refractivity contribution in [3.8, 4) is 0 Å². The van der Waals surface area contributed by atoms with Crippen molar-refractivity contribution in [2.24, 2.45) is 0 Å². The maximum atomic E-state index is 12.5. The molecule has 0 fully saturated rings. The first kappa shape index (κ1) is 12.8. The molecule has 15 heavy (non-hydrogen) atoms. The van der Waals surface area contributed by atoms with E-state index in [1.807, 2.05) is 0 Å². The first-order valence-corrected chi connectivity index (χ1v) is 5.26. The molecule has 0 aromatic heterocycles. The average Bonchev–Trinajstić information content (AvgIpc) is 2.06. The van der Waals surface area contributed by atoms with E-state index in [1.54, 1.807) is 22.6 Å². The summed E-state index contributed by atoms with van der Waals surface area (Å²) >= 11 is 7.34. The topological polar surface area (TPSA) is 17.1 Å². The molecule has 0 bridgehead atoms. The lowest BCUT2D eigenvalue weighted by Crippen LogP contribution is -2.12. The molecule has 0 spiro atoms. The first-order valence-electron chi connectivity index (χ1n) is 3.80. The summed E-state index contributed by atoms with van der Waals surface area (Å²) in [5.41, 5.74) is -1.34. The Balaban J connectivity index is 3.49. The number of benzene rings is 1. The second-order valence-electron chi connectivity index (χ2n) is 2.87. The lowest BCUT2D eigenvalue weighted by Gasteiger charge is -2.12. The molecule has 1 rings (SSSR count). The zero-order valence-corrected chi connectivity index (χ0v) is 10.4. The van der Waals surface area contributed by atoms with Gasteiger partial charge in [0.1, 0.15) is 0 Å². The molecule has 0 aliphatic carbocycles. The van der Waals surface area contributed by atoms with Crippen molar-refractivity contribution in [3.63, 3.8) is 0 Å². The van der Waals surface area contributed by atoms with Crippen LogP contribution in [0.4, 0.5) is 13.2 Å². The van der Waals surface area contributed by atoms with Gasteiger partial charge in [-0.05, 0) is 41.6 Å². The van der Waals surface area contributed by atoms with Crippen molar-refractivity contribution in [2.75, 3.05) is 0 Å². The predicted molar refractivity (Wildman–Crippen MR) is 59.2 cm³/mol. The van der Waals surface area contributed by atoms with Crippen molar-refractivity contribution in [1.29, 1.82) is 0 Å². The normalized spacial score (nSPS) is 11.6. The number of Topliss-reactive ketones (excluding diaryl/α,β-unsaturated/α-hetero) is 1. The number of ketones is 1. The third kappa shape index (κ3) is 2.84. The Bertz CT molecular complexity index is 415. The molecule has 0 aliphatic rings. The Labute approximate surface area is 103 Å². The molecule has 0 atom stereocenters. The van der Waals surface area contributed by atoms with Crippen LogP contribution in [-0.4, -0.2) is 5.78 Å². The summed E-state index contributed by atoms with van der Waals surface area (Å²) < 4.78 is 37.8. The van der Waals surface area contributed by atoms with Crippen LogP contribution in [0.5, 0.6) is 0 Å². The van der Waals surface area contributed by atoms with Crippen LogP contribution >= 0.6 is 34.2 Å². The van der Waals surface area contributed by atoms with E-state index in [-0.39, 0.29) is 8.59 Å². The van der Waals surface area contributed by atoms with Gasteiger partial charge in [-0.25, -0.2) is 0 Å². The smallest absolute Gasteiger partial charge is 0.294 e. The highest BCUT2D eigenvalue weighted by Crippen LogP contribution is 2.35. The molecule has 1 aromatic rings. The zero-order chi connectivity index (χ0) is 11.8. The van der Waals surface area contributed by atoms with Gasteiger partial charge in [0.25, 0.3) is 0 Å². The number of hydrogen-bond donors (Lipinski definition) is 0. The Morgan fingerprint density at radius 3 is 2.33 bits per heavy atom. The maximum absolute atomic E-state index is 12.5. The van der Waals surface area contributed by atoms with E-state index in [0.717, 1.165) is 19.1 Å². The number of rotatable bonds is 1. The molecule has 0 unspecified atom stereocenters. The molecule has 0 saturated carbocycles. The van der Waals surface area contributed by atoms with Crippen LogP contribution in [0, 0.1) is 3.57 Å². The number of alkyl halides is 3. The highest BCUT2D eigenvalue weighted by molar-refractivity contribution is 14.1. The standard InChI is InChI=1S/C9H5ClF3IO/c1-4(15)5-2-7(10)8(14)3-6(5)9(11,12)13/h2-3H,1H3. The maximum Gasteiger partial charge on any atom is 0.417 e. The molecule has 0 N–H and O–H groups in total. The van der Waals surface area contributed by atoms with E-state index in [1.165, 1.54) is 0 Å². The van der Waals surface area contributed by atoms with Crippen molar-refractivity contribution >= 4 is 40.0 Å². The second-order valence-corrected chi connectivity index (χ2v) is 4.44. The third-order valence-corrected chi connectivity index (χ3v) is 3.27. The van der Waals surface area contributed by atoms with Crippen LogP contribution in [0.3, 0.4) is 0 Å². The Morgan fingerprint density at radius 2 is 1.93 bits per heavy atom. The van der Waals surface area contributed by atoms with E-state index in [4.69, 9.17) is 11.6 Å². The molecular formula is C9H5ClF3IO. The molecule has 1 nitrogen and oxygen atoms in total. The number of carbonyl (C=O) groups excluding carboxylic acids is 1. The van der Waals surface area contributed by atoms with E-state index < -0.39 is 23.1 Å². The Hall–Kier alpha value is -0.300. The van der Waals surface area contributed by atoms with Crippen LogP contribution in [0.15, 0.2) is 12.1 Å². The van der Waals surface area contributed by atoms with Crippen molar-refractivity contribution in [1.82, 2.24) is 0 Å². The fourth-order valence-electron chi connectivity index (χ4n) is 1.07. The second kappa shape index (κ2) is 4.29. The third-order valence-electron chi connectivity index (χ3n) is 1.75. The van der Waals surface area contributed by atoms with Crippen molar-refractivity contribution in [2.45, 2.75) is 13.1 Å².